The molecule has 2 atom stereocenters. The SMILES string of the molecule is Cc1ccc(N2C(=S)N[C@@H](c3ccccn3)[C@@H]2c2cc(C)n(-c3ccc(O)cc3)c2C)cc1C. The first kappa shape index (κ1) is 22.2. The number of pyridine rings is 1. The van der Waals surface area contributed by atoms with Crippen molar-refractivity contribution < 1.29 is 5.11 Å². The van der Waals surface area contributed by atoms with Gasteiger partial charge < -0.3 is 19.9 Å². The molecule has 2 aromatic carbocycles. The highest BCUT2D eigenvalue weighted by atomic mass is 32.1. The van der Waals surface area contributed by atoms with Gasteiger partial charge in [0.15, 0.2) is 5.11 Å². The average Bonchev–Trinajstić information content (AvgIpc) is 3.32. The highest BCUT2D eigenvalue weighted by Gasteiger charge is 2.42. The van der Waals surface area contributed by atoms with Crippen LogP contribution in [0.5, 0.6) is 5.75 Å². The van der Waals surface area contributed by atoms with E-state index < -0.39 is 0 Å². The van der Waals surface area contributed by atoms with Gasteiger partial charge in [0.1, 0.15) is 5.75 Å². The Balaban J connectivity index is 1.68. The lowest BCUT2D eigenvalue weighted by Gasteiger charge is -2.28. The molecule has 0 spiro atoms. The van der Waals surface area contributed by atoms with Crippen LogP contribution >= 0.6 is 12.2 Å². The molecule has 0 saturated carbocycles. The summed E-state index contributed by atoms with van der Waals surface area (Å²) in [6.45, 7) is 8.51. The lowest BCUT2D eigenvalue weighted by Crippen LogP contribution is -2.29. The van der Waals surface area contributed by atoms with E-state index in [1.165, 1.54) is 16.7 Å². The number of aryl methyl sites for hydroxylation is 3. The van der Waals surface area contributed by atoms with Crippen LogP contribution in [0.15, 0.2) is 72.9 Å². The standard InChI is InChI=1S/C28H28N4OS/c1-17-8-9-22(15-18(17)2)32-27(26(30-28(32)34)25-7-5-6-14-29-25)24-16-19(3)31(20(24)4)21-10-12-23(33)13-11-21/h5-16,26-27,33H,1-4H3,(H,30,34)/t26-,27-/m0/s1. The van der Waals surface area contributed by atoms with Crippen molar-refractivity contribution in [3.05, 3.63) is 107 Å². The number of nitrogens with zero attached hydrogens (tertiary/aromatic N) is 3. The molecule has 1 saturated heterocycles. The van der Waals surface area contributed by atoms with E-state index in [2.05, 4.69) is 77.8 Å². The van der Waals surface area contributed by atoms with Gasteiger partial charge in [-0.05, 0) is 111 Å². The van der Waals surface area contributed by atoms with Crippen LogP contribution in [0.3, 0.4) is 0 Å². The van der Waals surface area contributed by atoms with Crippen molar-refractivity contribution in [3.63, 3.8) is 0 Å². The molecule has 0 radical (unpaired) electrons. The number of nitrogens with one attached hydrogen (secondary N) is 1. The van der Waals surface area contributed by atoms with Crippen LogP contribution in [0.25, 0.3) is 5.69 Å². The monoisotopic (exact) mass is 468 g/mol. The number of aromatic hydroxyl groups is 1. The van der Waals surface area contributed by atoms with Gasteiger partial charge in [-0.2, -0.15) is 0 Å². The van der Waals surface area contributed by atoms with Crippen molar-refractivity contribution in [1.82, 2.24) is 14.9 Å². The fourth-order valence-electron chi connectivity index (χ4n) is 4.91. The third-order valence-electron chi connectivity index (χ3n) is 6.76. The van der Waals surface area contributed by atoms with Gasteiger partial charge in [-0.3, -0.25) is 4.98 Å². The molecule has 2 N–H and O–H groups in total. The fourth-order valence-corrected chi connectivity index (χ4v) is 5.26. The van der Waals surface area contributed by atoms with Crippen molar-refractivity contribution >= 4 is 23.0 Å². The maximum Gasteiger partial charge on any atom is 0.174 e. The Morgan fingerprint density at radius 3 is 2.29 bits per heavy atom. The first-order valence-corrected chi connectivity index (χ1v) is 11.8. The highest BCUT2D eigenvalue weighted by molar-refractivity contribution is 7.80. The van der Waals surface area contributed by atoms with Gasteiger partial charge in [-0.1, -0.05) is 12.1 Å². The second-order valence-electron chi connectivity index (χ2n) is 8.94. The van der Waals surface area contributed by atoms with Crippen LogP contribution in [0.2, 0.25) is 0 Å². The van der Waals surface area contributed by atoms with Gasteiger partial charge in [0.25, 0.3) is 0 Å². The number of aromatic nitrogens is 2. The molecule has 172 valence electrons. The van der Waals surface area contributed by atoms with Crippen molar-refractivity contribution in [2.24, 2.45) is 0 Å². The van der Waals surface area contributed by atoms with E-state index in [1.54, 1.807) is 12.1 Å². The lowest BCUT2D eigenvalue weighted by molar-refractivity contribution is 0.475. The predicted octanol–water partition coefficient (Wildman–Crippen LogP) is 5.99. The summed E-state index contributed by atoms with van der Waals surface area (Å²) < 4.78 is 2.23. The second kappa shape index (κ2) is 8.61. The summed E-state index contributed by atoms with van der Waals surface area (Å²) in [6, 6.07) is 21.9. The Morgan fingerprint density at radius 2 is 1.62 bits per heavy atom. The molecule has 6 heteroatoms. The maximum atomic E-state index is 9.77. The molecule has 0 bridgehead atoms. The summed E-state index contributed by atoms with van der Waals surface area (Å²) >= 11 is 5.90. The summed E-state index contributed by atoms with van der Waals surface area (Å²) in [7, 11) is 0. The minimum Gasteiger partial charge on any atom is -0.508 e. The van der Waals surface area contributed by atoms with Gasteiger partial charge in [0.2, 0.25) is 0 Å². The number of phenolic OH excluding ortho intramolecular Hbond substituents is 1. The van der Waals surface area contributed by atoms with E-state index >= 15 is 0 Å². The predicted molar refractivity (Wildman–Crippen MR) is 141 cm³/mol. The van der Waals surface area contributed by atoms with Crippen molar-refractivity contribution in [2.75, 3.05) is 4.90 Å². The number of anilines is 1. The molecule has 1 aliphatic heterocycles. The van der Waals surface area contributed by atoms with E-state index in [4.69, 9.17) is 12.2 Å². The number of benzene rings is 2. The Labute approximate surface area is 205 Å². The average molecular weight is 469 g/mol. The first-order chi connectivity index (χ1) is 16.3. The van der Waals surface area contributed by atoms with Crippen molar-refractivity contribution in [2.45, 2.75) is 39.8 Å². The molecule has 1 aliphatic rings. The van der Waals surface area contributed by atoms with Crippen molar-refractivity contribution in [1.29, 1.82) is 0 Å². The molecule has 1 fully saturated rings. The summed E-state index contributed by atoms with van der Waals surface area (Å²) in [5.41, 5.74) is 8.96. The molecular weight excluding hydrogens is 440 g/mol. The van der Waals surface area contributed by atoms with E-state index in [-0.39, 0.29) is 17.8 Å². The molecule has 5 nitrogen and oxygen atoms in total. The normalized spacial score (nSPS) is 17.8. The topological polar surface area (TPSA) is 53.3 Å². The first-order valence-electron chi connectivity index (χ1n) is 11.4. The minimum absolute atomic E-state index is 0.0680. The molecule has 5 rings (SSSR count). The molecule has 0 amide bonds. The number of thiocarbonyl (C=S) groups is 1. The van der Waals surface area contributed by atoms with Gasteiger partial charge >= 0.3 is 0 Å². The number of phenols is 1. The molecular formula is C28H28N4OS. The second-order valence-corrected chi connectivity index (χ2v) is 9.33. The Hall–Kier alpha value is -3.64. The zero-order valence-electron chi connectivity index (χ0n) is 19.8. The van der Waals surface area contributed by atoms with Crippen LogP contribution in [-0.4, -0.2) is 19.8 Å². The van der Waals surface area contributed by atoms with Crippen LogP contribution in [0, 0.1) is 27.7 Å². The van der Waals surface area contributed by atoms with Gasteiger partial charge in [0.05, 0.1) is 17.8 Å². The fraction of sp³-hybridized carbons (Fsp3) is 0.214. The van der Waals surface area contributed by atoms with Crippen LogP contribution < -0.4 is 10.2 Å². The number of hydrogen-bond donors (Lipinski definition) is 2. The zero-order chi connectivity index (χ0) is 24.0. The van der Waals surface area contributed by atoms with Crippen LogP contribution in [-0.2, 0) is 0 Å². The van der Waals surface area contributed by atoms with E-state index in [0.717, 1.165) is 28.5 Å². The van der Waals surface area contributed by atoms with E-state index in [1.807, 2.05) is 30.5 Å². The summed E-state index contributed by atoms with van der Waals surface area (Å²) in [4.78, 5) is 6.90. The minimum atomic E-state index is -0.0934. The maximum absolute atomic E-state index is 9.77. The third kappa shape index (κ3) is 3.74. The Morgan fingerprint density at radius 1 is 0.882 bits per heavy atom. The molecule has 34 heavy (non-hydrogen) atoms. The van der Waals surface area contributed by atoms with Crippen LogP contribution in [0.4, 0.5) is 5.69 Å². The largest absolute Gasteiger partial charge is 0.508 e. The highest BCUT2D eigenvalue weighted by Crippen LogP contribution is 2.44. The third-order valence-corrected chi connectivity index (χ3v) is 7.08. The number of rotatable bonds is 4. The summed E-state index contributed by atoms with van der Waals surface area (Å²) in [5.74, 6) is 0.257. The van der Waals surface area contributed by atoms with Gasteiger partial charge in [0, 0.05) is 29.0 Å². The number of hydrogen-bond acceptors (Lipinski definition) is 3. The Bertz CT molecular complexity index is 1360. The molecule has 0 aliphatic carbocycles. The van der Waals surface area contributed by atoms with Crippen molar-refractivity contribution in [3.8, 4) is 11.4 Å². The molecule has 4 aromatic rings. The Kier molecular flexibility index (Phi) is 5.62. The molecule has 0 unspecified atom stereocenters. The zero-order valence-corrected chi connectivity index (χ0v) is 20.6. The van der Waals surface area contributed by atoms with Gasteiger partial charge in [-0.15, -0.1) is 0 Å². The van der Waals surface area contributed by atoms with E-state index in [9.17, 15) is 5.11 Å². The van der Waals surface area contributed by atoms with Gasteiger partial charge in [-0.25, -0.2) is 0 Å². The quantitative estimate of drug-likeness (QED) is 0.361. The van der Waals surface area contributed by atoms with E-state index in [0.29, 0.717) is 5.11 Å². The molecule has 3 heterocycles. The smallest absolute Gasteiger partial charge is 0.174 e. The molecule has 2 aromatic heterocycles. The summed E-state index contributed by atoms with van der Waals surface area (Å²) in [5, 5.41) is 14.0. The summed E-state index contributed by atoms with van der Waals surface area (Å²) in [6.07, 6.45) is 1.83. The van der Waals surface area contributed by atoms with Crippen LogP contribution in [0.1, 0.15) is 45.9 Å². The lowest BCUT2D eigenvalue weighted by atomic mass is 9.96.